The molecule has 4 heteroatoms. The van der Waals surface area contributed by atoms with Crippen molar-refractivity contribution in [2.75, 3.05) is 13.1 Å². The molecule has 0 aromatic heterocycles. The number of aliphatic hydroxyl groups is 1. The van der Waals surface area contributed by atoms with Gasteiger partial charge in [0, 0.05) is 12.6 Å². The summed E-state index contributed by atoms with van der Waals surface area (Å²) in [5, 5.41) is 16.9. The Morgan fingerprint density at radius 1 is 1.22 bits per heavy atom. The van der Waals surface area contributed by atoms with Crippen LogP contribution >= 0.6 is 0 Å². The van der Waals surface area contributed by atoms with Crippen molar-refractivity contribution >= 4 is 5.96 Å². The molecule has 0 aromatic rings. The van der Waals surface area contributed by atoms with E-state index in [0.717, 1.165) is 31.8 Å². The lowest BCUT2D eigenvalue weighted by molar-refractivity contribution is -0.0236. The molecule has 3 N–H and O–H groups in total. The predicted octanol–water partition coefficient (Wildman–Crippen LogP) is 1.79. The molecule has 2 saturated carbocycles. The van der Waals surface area contributed by atoms with E-state index in [0.29, 0.717) is 12.6 Å². The van der Waals surface area contributed by atoms with Crippen LogP contribution in [-0.2, 0) is 0 Å². The average Bonchev–Trinajstić information content (AvgIpc) is 2.35. The van der Waals surface area contributed by atoms with Gasteiger partial charge in [-0.3, -0.25) is 4.99 Å². The molecule has 0 unspecified atom stereocenters. The first-order valence-corrected chi connectivity index (χ1v) is 7.49. The highest BCUT2D eigenvalue weighted by Gasteiger charge is 2.34. The van der Waals surface area contributed by atoms with Gasteiger partial charge < -0.3 is 15.7 Å². The van der Waals surface area contributed by atoms with Gasteiger partial charge in [0.25, 0.3) is 0 Å². The van der Waals surface area contributed by atoms with Crippen molar-refractivity contribution in [3.8, 4) is 0 Å². The highest BCUT2D eigenvalue weighted by atomic mass is 16.3. The second kappa shape index (κ2) is 6.41. The zero-order valence-electron chi connectivity index (χ0n) is 11.5. The molecule has 0 radical (unpaired) electrons. The Hall–Kier alpha value is -0.770. The van der Waals surface area contributed by atoms with E-state index in [1.54, 1.807) is 0 Å². The third kappa shape index (κ3) is 3.87. The van der Waals surface area contributed by atoms with Gasteiger partial charge in [-0.25, -0.2) is 0 Å². The van der Waals surface area contributed by atoms with E-state index in [-0.39, 0.29) is 0 Å². The van der Waals surface area contributed by atoms with Gasteiger partial charge in [0.15, 0.2) is 5.96 Å². The van der Waals surface area contributed by atoms with Gasteiger partial charge in [-0.15, -0.1) is 0 Å². The van der Waals surface area contributed by atoms with Crippen molar-refractivity contribution in [1.82, 2.24) is 10.6 Å². The van der Waals surface area contributed by atoms with Crippen LogP contribution < -0.4 is 10.6 Å². The quantitative estimate of drug-likeness (QED) is 0.529. The minimum absolute atomic E-state index is 0.519. The van der Waals surface area contributed by atoms with Gasteiger partial charge in [0.1, 0.15) is 0 Å². The highest BCUT2D eigenvalue weighted by molar-refractivity contribution is 5.80. The van der Waals surface area contributed by atoms with Crippen molar-refractivity contribution in [1.29, 1.82) is 0 Å². The Bertz CT molecular complexity index is 281. The van der Waals surface area contributed by atoms with Gasteiger partial charge in [-0.1, -0.05) is 19.3 Å². The fraction of sp³-hybridized carbons (Fsp3) is 0.929. The molecule has 2 aliphatic carbocycles. The normalized spacial score (nSPS) is 24.4. The first-order chi connectivity index (χ1) is 8.72. The van der Waals surface area contributed by atoms with E-state index in [1.165, 1.54) is 32.1 Å². The number of hydrogen-bond donors (Lipinski definition) is 3. The summed E-state index contributed by atoms with van der Waals surface area (Å²) < 4.78 is 0. The van der Waals surface area contributed by atoms with E-state index in [1.807, 2.05) is 0 Å². The van der Waals surface area contributed by atoms with Gasteiger partial charge in [-0.2, -0.15) is 0 Å². The van der Waals surface area contributed by atoms with E-state index in [4.69, 9.17) is 0 Å². The van der Waals surface area contributed by atoms with Crippen LogP contribution in [0.25, 0.3) is 0 Å². The zero-order valence-corrected chi connectivity index (χ0v) is 11.5. The molecular weight excluding hydrogens is 226 g/mol. The number of guanidine groups is 1. The molecule has 0 aromatic carbocycles. The van der Waals surface area contributed by atoms with Crippen molar-refractivity contribution in [2.24, 2.45) is 4.99 Å². The predicted molar refractivity (Wildman–Crippen MR) is 74.8 cm³/mol. The molecular formula is C14H27N3O. The zero-order chi connectivity index (χ0) is 12.8. The van der Waals surface area contributed by atoms with Crippen LogP contribution in [0.3, 0.4) is 0 Å². The van der Waals surface area contributed by atoms with Gasteiger partial charge in [0.2, 0.25) is 0 Å². The number of hydrogen-bond acceptors (Lipinski definition) is 2. The molecule has 0 aliphatic heterocycles. The Morgan fingerprint density at radius 3 is 2.50 bits per heavy atom. The van der Waals surface area contributed by atoms with Crippen LogP contribution in [0.4, 0.5) is 0 Å². The molecule has 2 fully saturated rings. The standard InChI is InChI=1S/C14H27N3O/c1-2-15-13(16-11-14(18)9-6-10-14)17-12-7-4-3-5-8-12/h12,18H,2-11H2,1H3,(H2,15,16,17). The first-order valence-electron chi connectivity index (χ1n) is 7.49. The van der Waals surface area contributed by atoms with Crippen LogP contribution in [-0.4, -0.2) is 35.8 Å². The van der Waals surface area contributed by atoms with Crippen LogP contribution in [0.5, 0.6) is 0 Å². The van der Waals surface area contributed by atoms with Crippen molar-refractivity contribution < 1.29 is 5.11 Å². The fourth-order valence-electron chi connectivity index (χ4n) is 2.73. The monoisotopic (exact) mass is 253 g/mol. The lowest BCUT2D eigenvalue weighted by Crippen LogP contribution is -2.46. The minimum atomic E-state index is -0.519. The molecule has 0 bridgehead atoms. The summed E-state index contributed by atoms with van der Waals surface area (Å²) in [7, 11) is 0. The van der Waals surface area contributed by atoms with Crippen molar-refractivity contribution in [3.05, 3.63) is 0 Å². The molecule has 0 saturated heterocycles. The van der Waals surface area contributed by atoms with Crippen molar-refractivity contribution in [2.45, 2.75) is 69.9 Å². The third-order valence-corrected chi connectivity index (χ3v) is 4.11. The maximum atomic E-state index is 10.1. The van der Waals surface area contributed by atoms with E-state index in [2.05, 4.69) is 22.5 Å². The summed E-state index contributed by atoms with van der Waals surface area (Å²) in [5.74, 6) is 0.879. The lowest BCUT2D eigenvalue weighted by Gasteiger charge is -2.35. The average molecular weight is 253 g/mol. The molecule has 0 amide bonds. The molecule has 18 heavy (non-hydrogen) atoms. The third-order valence-electron chi connectivity index (χ3n) is 4.11. The Balaban J connectivity index is 1.83. The molecule has 0 atom stereocenters. The van der Waals surface area contributed by atoms with Gasteiger partial charge in [-0.05, 0) is 39.0 Å². The summed E-state index contributed by atoms with van der Waals surface area (Å²) in [5.41, 5.74) is -0.519. The second-order valence-electron chi connectivity index (χ2n) is 5.75. The molecule has 4 nitrogen and oxygen atoms in total. The maximum absolute atomic E-state index is 10.1. The van der Waals surface area contributed by atoms with E-state index < -0.39 is 5.60 Å². The molecule has 0 spiro atoms. The topological polar surface area (TPSA) is 56.7 Å². The van der Waals surface area contributed by atoms with Crippen molar-refractivity contribution in [3.63, 3.8) is 0 Å². The van der Waals surface area contributed by atoms with Gasteiger partial charge in [0.05, 0.1) is 12.1 Å². The lowest BCUT2D eigenvalue weighted by atomic mass is 9.80. The number of nitrogens with one attached hydrogen (secondary N) is 2. The van der Waals surface area contributed by atoms with Crippen LogP contribution in [0.15, 0.2) is 4.99 Å². The minimum Gasteiger partial charge on any atom is -0.388 e. The molecule has 2 rings (SSSR count). The Labute approximate surface area is 110 Å². The Kier molecular flexibility index (Phi) is 4.87. The summed E-state index contributed by atoms with van der Waals surface area (Å²) >= 11 is 0. The van der Waals surface area contributed by atoms with Crippen LogP contribution in [0, 0.1) is 0 Å². The highest BCUT2D eigenvalue weighted by Crippen LogP contribution is 2.31. The summed E-state index contributed by atoms with van der Waals surface area (Å²) in [6, 6.07) is 0.563. The smallest absolute Gasteiger partial charge is 0.191 e. The number of aliphatic imine (C=N–C) groups is 1. The fourth-order valence-corrected chi connectivity index (χ4v) is 2.73. The van der Waals surface area contributed by atoms with Crippen LogP contribution in [0.1, 0.15) is 58.3 Å². The molecule has 0 heterocycles. The SMILES string of the molecule is CCNC(=NCC1(O)CCC1)NC1CCCCC1. The van der Waals surface area contributed by atoms with E-state index >= 15 is 0 Å². The first kappa shape index (κ1) is 13.7. The van der Waals surface area contributed by atoms with Crippen LogP contribution in [0.2, 0.25) is 0 Å². The summed E-state index contributed by atoms with van der Waals surface area (Å²) in [6.07, 6.45) is 9.44. The summed E-state index contributed by atoms with van der Waals surface area (Å²) in [4.78, 5) is 4.55. The largest absolute Gasteiger partial charge is 0.388 e. The van der Waals surface area contributed by atoms with Gasteiger partial charge >= 0.3 is 0 Å². The Morgan fingerprint density at radius 2 is 1.94 bits per heavy atom. The number of nitrogens with zero attached hydrogens (tertiary/aromatic N) is 1. The number of rotatable bonds is 4. The maximum Gasteiger partial charge on any atom is 0.191 e. The molecule has 104 valence electrons. The van der Waals surface area contributed by atoms with E-state index in [9.17, 15) is 5.11 Å². The second-order valence-corrected chi connectivity index (χ2v) is 5.75. The molecule has 2 aliphatic rings. The summed E-state index contributed by atoms with van der Waals surface area (Å²) in [6.45, 7) is 3.49.